The third-order valence-corrected chi connectivity index (χ3v) is 3.51. The number of halogens is 2. The fourth-order valence-corrected chi connectivity index (χ4v) is 2.42. The molecule has 0 saturated heterocycles. The van der Waals surface area contributed by atoms with E-state index in [1.165, 1.54) is 17.7 Å². The smallest absolute Gasteiger partial charge is 0.124 e. The lowest BCUT2D eigenvalue weighted by Gasteiger charge is -2.19. The zero-order valence-corrected chi connectivity index (χ0v) is 13.5. The minimum absolute atomic E-state index is 0.131. The van der Waals surface area contributed by atoms with Crippen LogP contribution in [-0.4, -0.2) is 0 Å². The Bertz CT molecular complexity index is 565. The Kier molecular flexibility index (Phi) is 4.48. The largest absolute Gasteiger partial charge is 0.489 e. The summed E-state index contributed by atoms with van der Waals surface area (Å²) in [5.41, 5.74) is 2.20. The van der Waals surface area contributed by atoms with E-state index in [0.717, 1.165) is 15.8 Å². The van der Waals surface area contributed by atoms with Gasteiger partial charge in [-0.1, -0.05) is 48.8 Å². The predicted molar refractivity (Wildman–Crippen MR) is 83.6 cm³/mol. The number of hydrogen-bond donors (Lipinski definition) is 0. The SMILES string of the molecule is CC(C)(C)c1ccc(OCc2cc(F)cc(Br)c2)cc1. The maximum absolute atomic E-state index is 13.3. The van der Waals surface area contributed by atoms with Gasteiger partial charge in [-0.15, -0.1) is 0 Å². The molecule has 0 heterocycles. The minimum atomic E-state index is -0.263. The molecular weight excluding hydrogens is 319 g/mol. The van der Waals surface area contributed by atoms with Gasteiger partial charge in [-0.2, -0.15) is 0 Å². The second-order valence-corrected chi connectivity index (χ2v) is 6.76. The van der Waals surface area contributed by atoms with Gasteiger partial charge in [0.1, 0.15) is 18.2 Å². The molecule has 2 rings (SSSR count). The predicted octanol–water partition coefficient (Wildman–Crippen LogP) is 5.46. The van der Waals surface area contributed by atoms with Crippen LogP contribution in [0.15, 0.2) is 46.9 Å². The second kappa shape index (κ2) is 5.96. The van der Waals surface area contributed by atoms with Crippen LogP contribution in [0.4, 0.5) is 4.39 Å². The second-order valence-electron chi connectivity index (χ2n) is 5.84. The van der Waals surface area contributed by atoms with Gasteiger partial charge in [0.2, 0.25) is 0 Å². The Hall–Kier alpha value is -1.35. The van der Waals surface area contributed by atoms with Crippen LogP contribution in [0.5, 0.6) is 5.75 Å². The molecule has 2 aromatic carbocycles. The lowest BCUT2D eigenvalue weighted by molar-refractivity contribution is 0.305. The van der Waals surface area contributed by atoms with Gasteiger partial charge >= 0.3 is 0 Å². The van der Waals surface area contributed by atoms with Gasteiger partial charge in [0.15, 0.2) is 0 Å². The van der Waals surface area contributed by atoms with E-state index in [9.17, 15) is 4.39 Å². The van der Waals surface area contributed by atoms with Crippen LogP contribution in [0, 0.1) is 5.82 Å². The first kappa shape index (κ1) is 15.0. The highest BCUT2D eigenvalue weighted by Gasteiger charge is 2.12. The zero-order chi connectivity index (χ0) is 14.8. The molecule has 0 unspecified atom stereocenters. The summed E-state index contributed by atoms with van der Waals surface area (Å²) in [5.74, 6) is 0.527. The van der Waals surface area contributed by atoms with Crippen molar-refractivity contribution in [2.45, 2.75) is 32.8 Å². The van der Waals surface area contributed by atoms with E-state index >= 15 is 0 Å². The first-order valence-corrected chi connectivity index (χ1v) is 7.32. The van der Waals surface area contributed by atoms with Crippen molar-refractivity contribution in [3.63, 3.8) is 0 Å². The third kappa shape index (κ3) is 4.07. The highest BCUT2D eigenvalue weighted by molar-refractivity contribution is 9.10. The third-order valence-electron chi connectivity index (χ3n) is 3.05. The van der Waals surface area contributed by atoms with Crippen molar-refractivity contribution < 1.29 is 9.13 Å². The summed E-state index contributed by atoms with van der Waals surface area (Å²) in [6.45, 7) is 6.87. The molecule has 0 saturated carbocycles. The lowest BCUT2D eigenvalue weighted by Crippen LogP contribution is -2.10. The van der Waals surface area contributed by atoms with Crippen molar-refractivity contribution in [1.29, 1.82) is 0 Å². The van der Waals surface area contributed by atoms with E-state index in [4.69, 9.17) is 4.74 Å². The zero-order valence-electron chi connectivity index (χ0n) is 11.9. The molecule has 0 amide bonds. The molecule has 1 nitrogen and oxygen atoms in total. The van der Waals surface area contributed by atoms with Gasteiger partial charge in [0.05, 0.1) is 0 Å². The molecule has 0 spiro atoms. The molecule has 0 N–H and O–H groups in total. The Labute approximate surface area is 127 Å². The van der Waals surface area contributed by atoms with Gasteiger partial charge in [-0.3, -0.25) is 0 Å². The van der Waals surface area contributed by atoms with Gasteiger partial charge < -0.3 is 4.74 Å². The van der Waals surface area contributed by atoms with Crippen molar-refractivity contribution in [1.82, 2.24) is 0 Å². The van der Waals surface area contributed by atoms with E-state index in [1.54, 1.807) is 0 Å². The summed E-state index contributed by atoms with van der Waals surface area (Å²) in [6, 6.07) is 12.8. The Morgan fingerprint density at radius 3 is 2.25 bits per heavy atom. The van der Waals surface area contributed by atoms with Crippen LogP contribution >= 0.6 is 15.9 Å². The summed E-state index contributed by atoms with van der Waals surface area (Å²) in [5, 5.41) is 0. The van der Waals surface area contributed by atoms with Crippen molar-refractivity contribution >= 4 is 15.9 Å². The topological polar surface area (TPSA) is 9.23 Å². The monoisotopic (exact) mass is 336 g/mol. The van der Waals surface area contributed by atoms with Crippen LogP contribution in [0.3, 0.4) is 0 Å². The van der Waals surface area contributed by atoms with Crippen LogP contribution in [0.1, 0.15) is 31.9 Å². The highest BCUT2D eigenvalue weighted by atomic mass is 79.9. The average Bonchev–Trinajstić information content (AvgIpc) is 2.35. The molecule has 0 aliphatic heterocycles. The van der Waals surface area contributed by atoms with Crippen molar-refractivity contribution in [2.75, 3.05) is 0 Å². The first-order chi connectivity index (χ1) is 9.34. The molecule has 0 aliphatic rings. The molecular formula is C17H18BrFO. The lowest BCUT2D eigenvalue weighted by atomic mass is 9.87. The van der Waals surface area contributed by atoms with Crippen molar-refractivity contribution in [2.24, 2.45) is 0 Å². The fraction of sp³-hybridized carbons (Fsp3) is 0.294. The Morgan fingerprint density at radius 2 is 1.70 bits per heavy atom. The molecule has 0 atom stereocenters. The molecule has 0 aromatic heterocycles. The summed E-state index contributed by atoms with van der Waals surface area (Å²) in [7, 11) is 0. The summed E-state index contributed by atoms with van der Waals surface area (Å²) < 4.78 is 19.7. The Balaban J connectivity index is 2.04. The molecule has 106 valence electrons. The standard InChI is InChI=1S/C17H18BrFO/c1-17(2,3)13-4-6-16(7-5-13)20-11-12-8-14(18)10-15(19)9-12/h4-10H,11H2,1-3H3. The number of hydrogen-bond acceptors (Lipinski definition) is 1. The summed E-state index contributed by atoms with van der Waals surface area (Å²) in [4.78, 5) is 0. The highest BCUT2D eigenvalue weighted by Crippen LogP contribution is 2.25. The normalized spacial score (nSPS) is 11.4. The van der Waals surface area contributed by atoms with E-state index in [2.05, 4.69) is 48.8 Å². The number of benzene rings is 2. The summed E-state index contributed by atoms with van der Waals surface area (Å²) >= 11 is 3.28. The van der Waals surface area contributed by atoms with Gasteiger partial charge in [-0.25, -0.2) is 4.39 Å². The maximum Gasteiger partial charge on any atom is 0.124 e. The molecule has 0 bridgehead atoms. The van der Waals surface area contributed by atoms with E-state index < -0.39 is 0 Å². The Morgan fingerprint density at radius 1 is 1.05 bits per heavy atom. The van der Waals surface area contributed by atoms with E-state index in [1.807, 2.05) is 18.2 Å². The minimum Gasteiger partial charge on any atom is -0.489 e. The molecule has 2 aromatic rings. The maximum atomic E-state index is 13.3. The quantitative estimate of drug-likeness (QED) is 0.722. The van der Waals surface area contributed by atoms with Crippen molar-refractivity contribution in [3.8, 4) is 5.75 Å². The van der Waals surface area contributed by atoms with Gasteiger partial charge in [0.25, 0.3) is 0 Å². The first-order valence-electron chi connectivity index (χ1n) is 6.53. The molecule has 20 heavy (non-hydrogen) atoms. The fourth-order valence-electron chi connectivity index (χ4n) is 1.91. The van der Waals surface area contributed by atoms with Crippen molar-refractivity contribution in [3.05, 3.63) is 63.9 Å². The van der Waals surface area contributed by atoms with Crippen LogP contribution in [0.2, 0.25) is 0 Å². The van der Waals surface area contributed by atoms with Crippen LogP contribution in [0.25, 0.3) is 0 Å². The molecule has 0 radical (unpaired) electrons. The van der Waals surface area contributed by atoms with E-state index in [0.29, 0.717) is 6.61 Å². The van der Waals surface area contributed by atoms with E-state index in [-0.39, 0.29) is 11.2 Å². The summed E-state index contributed by atoms with van der Waals surface area (Å²) in [6.07, 6.45) is 0. The molecule has 0 aliphatic carbocycles. The van der Waals surface area contributed by atoms with Gasteiger partial charge in [-0.05, 0) is 46.9 Å². The molecule has 0 fully saturated rings. The van der Waals surface area contributed by atoms with Gasteiger partial charge in [0, 0.05) is 4.47 Å². The number of ether oxygens (including phenoxy) is 1. The van der Waals surface area contributed by atoms with Crippen LogP contribution in [-0.2, 0) is 12.0 Å². The average molecular weight is 337 g/mol. The van der Waals surface area contributed by atoms with Crippen LogP contribution < -0.4 is 4.74 Å². The number of rotatable bonds is 3. The molecule has 3 heteroatoms.